The molecule has 3 aliphatic carbocycles. The SMILES string of the molecule is COc1ccc(C2CCC(CN(C(=O)C3CCC(C(=O)O)CC3)c3cccc(-c4cnn(C5CC5)c4)c3)CC2)cc1C#N. The van der Waals surface area contributed by atoms with Crippen molar-refractivity contribution in [2.24, 2.45) is 17.8 Å². The Morgan fingerprint density at radius 2 is 1.72 bits per heavy atom. The van der Waals surface area contributed by atoms with E-state index in [1.807, 2.05) is 40.0 Å². The van der Waals surface area contributed by atoms with Crippen molar-refractivity contribution >= 4 is 17.6 Å². The van der Waals surface area contributed by atoms with E-state index in [2.05, 4.69) is 35.6 Å². The van der Waals surface area contributed by atoms with E-state index < -0.39 is 5.97 Å². The van der Waals surface area contributed by atoms with Gasteiger partial charge in [0.15, 0.2) is 0 Å². The third kappa shape index (κ3) is 6.46. The normalized spacial score (nSPS) is 23.7. The fraction of sp³-hybridized carbons (Fsp3) is 0.486. The molecular weight excluding hydrogens is 540 g/mol. The Hall–Kier alpha value is -4.12. The Morgan fingerprint density at radius 1 is 0.977 bits per heavy atom. The van der Waals surface area contributed by atoms with Crippen LogP contribution in [-0.4, -0.2) is 40.4 Å². The van der Waals surface area contributed by atoms with Crippen LogP contribution in [0.3, 0.4) is 0 Å². The van der Waals surface area contributed by atoms with Crippen molar-refractivity contribution in [3.8, 4) is 22.9 Å². The predicted molar refractivity (Wildman–Crippen MR) is 164 cm³/mol. The maximum atomic E-state index is 14.1. The zero-order chi connectivity index (χ0) is 29.9. The molecule has 3 saturated carbocycles. The molecule has 6 rings (SSSR count). The smallest absolute Gasteiger partial charge is 0.306 e. The number of carboxylic acids is 1. The van der Waals surface area contributed by atoms with Gasteiger partial charge in [0.25, 0.3) is 0 Å². The largest absolute Gasteiger partial charge is 0.495 e. The molecule has 1 heterocycles. The summed E-state index contributed by atoms with van der Waals surface area (Å²) in [6.45, 7) is 0.654. The van der Waals surface area contributed by atoms with Gasteiger partial charge >= 0.3 is 5.97 Å². The summed E-state index contributed by atoms with van der Waals surface area (Å²) in [7, 11) is 1.59. The number of anilines is 1. The van der Waals surface area contributed by atoms with Crippen molar-refractivity contribution < 1.29 is 19.4 Å². The van der Waals surface area contributed by atoms with E-state index >= 15 is 0 Å². The molecule has 3 aliphatic rings. The molecule has 1 amide bonds. The van der Waals surface area contributed by atoms with Crippen molar-refractivity contribution in [3.63, 3.8) is 0 Å². The van der Waals surface area contributed by atoms with Crippen molar-refractivity contribution in [1.29, 1.82) is 5.26 Å². The quantitative estimate of drug-likeness (QED) is 0.293. The molecule has 0 unspecified atom stereocenters. The van der Waals surface area contributed by atoms with Crippen LogP contribution in [0.5, 0.6) is 5.75 Å². The predicted octanol–water partition coefficient (Wildman–Crippen LogP) is 6.96. The highest BCUT2D eigenvalue weighted by atomic mass is 16.5. The van der Waals surface area contributed by atoms with Gasteiger partial charge in [0.1, 0.15) is 11.8 Å². The molecule has 1 aromatic heterocycles. The Morgan fingerprint density at radius 3 is 2.40 bits per heavy atom. The van der Waals surface area contributed by atoms with Crippen LogP contribution in [0.2, 0.25) is 0 Å². The average Bonchev–Trinajstić information content (AvgIpc) is 3.79. The molecule has 3 aromatic rings. The molecule has 0 atom stereocenters. The van der Waals surface area contributed by atoms with E-state index in [9.17, 15) is 20.0 Å². The second-order valence-corrected chi connectivity index (χ2v) is 12.6. The topological polar surface area (TPSA) is 108 Å². The van der Waals surface area contributed by atoms with Gasteiger partial charge in [-0.25, -0.2) is 0 Å². The number of nitriles is 1. The van der Waals surface area contributed by atoms with Crippen molar-refractivity contribution in [2.45, 2.75) is 76.2 Å². The highest BCUT2D eigenvalue weighted by Crippen LogP contribution is 2.40. The zero-order valence-electron chi connectivity index (χ0n) is 24.8. The van der Waals surface area contributed by atoms with Crippen LogP contribution in [-0.2, 0) is 9.59 Å². The molecule has 3 fully saturated rings. The number of aromatic nitrogens is 2. The van der Waals surface area contributed by atoms with Crippen LogP contribution >= 0.6 is 0 Å². The first-order valence-corrected chi connectivity index (χ1v) is 15.7. The Kier molecular flexibility index (Phi) is 8.51. The number of methoxy groups -OCH3 is 1. The molecule has 224 valence electrons. The van der Waals surface area contributed by atoms with Crippen LogP contribution in [0.4, 0.5) is 5.69 Å². The zero-order valence-corrected chi connectivity index (χ0v) is 24.8. The third-order valence-corrected chi connectivity index (χ3v) is 9.81. The first kappa shape index (κ1) is 29.0. The minimum Gasteiger partial charge on any atom is -0.495 e. The summed E-state index contributed by atoms with van der Waals surface area (Å²) < 4.78 is 7.38. The first-order valence-electron chi connectivity index (χ1n) is 15.7. The Bertz CT molecular complexity index is 1500. The number of carbonyl (C=O) groups is 2. The lowest BCUT2D eigenvalue weighted by Gasteiger charge is -2.36. The summed E-state index contributed by atoms with van der Waals surface area (Å²) in [5.41, 5.74) is 4.75. The van der Waals surface area contributed by atoms with E-state index in [1.54, 1.807) is 7.11 Å². The van der Waals surface area contributed by atoms with Gasteiger partial charge in [0.05, 0.1) is 30.8 Å². The molecule has 0 aliphatic heterocycles. The number of benzene rings is 2. The lowest BCUT2D eigenvalue weighted by atomic mass is 9.77. The molecule has 8 nitrogen and oxygen atoms in total. The molecular formula is C35H40N4O4. The summed E-state index contributed by atoms with van der Waals surface area (Å²) in [5.74, 6) is 0.217. The van der Waals surface area contributed by atoms with Gasteiger partial charge in [-0.1, -0.05) is 18.2 Å². The third-order valence-electron chi connectivity index (χ3n) is 9.81. The van der Waals surface area contributed by atoms with Gasteiger partial charge in [-0.2, -0.15) is 10.4 Å². The summed E-state index contributed by atoms with van der Waals surface area (Å²) in [6.07, 6.45) is 12.7. The number of hydrogen-bond acceptors (Lipinski definition) is 5. The number of rotatable bonds is 9. The van der Waals surface area contributed by atoms with Crippen molar-refractivity contribution in [2.75, 3.05) is 18.6 Å². The van der Waals surface area contributed by atoms with Crippen LogP contribution < -0.4 is 9.64 Å². The Labute approximate surface area is 253 Å². The molecule has 1 N–H and O–H groups in total. The number of hydrogen-bond donors (Lipinski definition) is 1. The molecule has 0 spiro atoms. The standard InChI is InChI=1S/C35H40N4O4/c1-43-33-16-13-28(17-29(33)19-36)24-7-5-23(6-8-24)21-38(34(40)25-9-11-26(12-10-25)35(41)42)32-4-2-3-27(18-32)30-20-37-39(22-30)31-14-15-31/h2-4,13,16-18,20,22-26,31H,5-12,14-15,21H2,1H3,(H,41,42). The highest BCUT2D eigenvalue weighted by molar-refractivity contribution is 5.96. The van der Waals surface area contributed by atoms with Gasteiger partial charge in [0, 0.05) is 29.9 Å². The van der Waals surface area contributed by atoms with Crippen LogP contribution in [0.25, 0.3) is 11.1 Å². The van der Waals surface area contributed by atoms with Gasteiger partial charge in [-0.05, 0) is 111 Å². The number of carboxylic acid groups (broad SMARTS) is 1. The summed E-state index contributed by atoms with van der Waals surface area (Å²) in [4.78, 5) is 27.7. The number of amides is 1. The average molecular weight is 581 g/mol. The second kappa shape index (κ2) is 12.6. The monoisotopic (exact) mass is 580 g/mol. The minimum absolute atomic E-state index is 0.116. The fourth-order valence-corrected chi connectivity index (χ4v) is 7.01. The molecule has 8 heteroatoms. The second-order valence-electron chi connectivity index (χ2n) is 12.6. The van der Waals surface area contributed by atoms with Crippen molar-refractivity contribution in [3.05, 3.63) is 66.0 Å². The van der Waals surface area contributed by atoms with E-state index in [0.29, 0.717) is 61.4 Å². The van der Waals surface area contributed by atoms with Crippen LogP contribution in [0.1, 0.15) is 87.3 Å². The summed E-state index contributed by atoms with van der Waals surface area (Å²) >= 11 is 0. The van der Waals surface area contributed by atoms with E-state index in [-0.39, 0.29) is 17.7 Å². The van der Waals surface area contributed by atoms with Crippen LogP contribution in [0.15, 0.2) is 54.9 Å². The fourth-order valence-electron chi connectivity index (χ4n) is 7.01. The molecule has 43 heavy (non-hydrogen) atoms. The maximum Gasteiger partial charge on any atom is 0.306 e. The highest BCUT2D eigenvalue weighted by Gasteiger charge is 2.34. The van der Waals surface area contributed by atoms with E-state index in [0.717, 1.165) is 42.5 Å². The number of aliphatic carboxylic acids is 1. The van der Waals surface area contributed by atoms with Gasteiger partial charge in [-0.3, -0.25) is 14.3 Å². The van der Waals surface area contributed by atoms with Gasteiger partial charge in [0.2, 0.25) is 5.91 Å². The van der Waals surface area contributed by atoms with E-state index in [1.165, 1.54) is 18.4 Å². The van der Waals surface area contributed by atoms with E-state index in [4.69, 9.17) is 4.74 Å². The molecule has 0 bridgehead atoms. The minimum atomic E-state index is -0.752. The first-order chi connectivity index (χ1) is 20.9. The van der Waals surface area contributed by atoms with Gasteiger partial charge < -0.3 is 14.7 Å². The molecule has 0 saturated heterocycles. The number of carbonyl (C=O) groups excluding carboxylic acids is 1. The van der Waals surface area contributed by atoms with Crippen LogP contribution in [0, 0.1) is 29.1 Å². The van der Waals surface area contributed by atoms with Gasteiger partial charge in [-0.15, -0.1) is 0 Å². The number of ether oxygens (including phenoxy) is 1. The number of nitrogens with zero attached hydrogens (tertiary/aromatic N) is 4. The summed E-state index contributed by atoms with van der Waals surface area (Å²) in [6, 6.07) is 16.9. The Balaban J connectivity index is 1.19. The lowest BCUT2D eigenvalue weighted by Crippen LogP contribution is -2.41. The molecule has 0 radical (unpaired) electrons. The molecule has 2 aromatic carbocycles. The summed E-state index contributed by atoms with van der Waals surface area (Å²) in [5, 5.41) is 23.6. The maximum absolute atomic E-state index is 14.1. The lowest BCUT2D eigenvalue weighted by molar-refractivity contribution is -0.144. The van der Waals surface area contributed by atoms with Crippen molar-refractivity contribution in [1.82, 2.24) is 9.78 Å².